The van der Waals surface area contributed by atoms with Crippen molar-refractivity contribution in [2.24, 2.45) is 4.99 Å². The lowest BCUT2D eigenvalue weighted by Gasteiger charge is -2.26. The first kappa shape index (κ1) is 17.8. The van der Waals surface area contributed by atoms with E-state index in [0.29, 0.717) is 10.8 Å². The van der Waals surface area contributed by atoms with Crippen LogP contribution in [0, 0.1) is 5.82 Å². The van der Waals surface area contributed by atoms with Gasteiger partial charge < -0.3 is 4.90 Å². The third kappa shape index (κ3) is 3.61. The molecule has 1 fully saturated rings. The number of nitrogens with zero attached hydrogens (tertiary/aromatic N) is 2. The maximum Gasteiger partial charge on any atom is 0.164 e. The molecule has 1 saturated heterocycles. The maximum absolute atomic E-state index is 13.4. The molecule has 0 spiro atoms. The zero-order valence-electron chi connectivity index (χ0n) is 13.7. The predicted octanol–water partition coefficient (Wildman–Crippen LogP) is 3.75. The molecule has 2 aliphatic heterocycles. The highest BCUT2D eigenvalue weighted by molar-refractivity contribution is 8.13. The van der Waals surface area contributed by atoms with Gasteiger partial charge in [0.2, 0.25) is 0 Å². The molecule has 2 aromatic rings. The summed E-state index contributed by atoms with van der Waals surface area (Å²) in [5.41, 5.74) is 1.68. The summed E-state index contributed by atoms with van der Waals surface area (Å²) in [5, 5.41) is 1.34. The molecule has 136 valence electrons. The number of thioether (sulfide) groups is 1. The van der Waals surface area contributed by atoms with Gasteiger partial charge in [0.25, 0.3) is 0 Å². The van der Waals surface area contributed by atoms with Crippen LogP contribution in [0.4, 0.5) is 10.1 Å². The van der Waals surface area contributed by atoms with Crippen LogP contribution in [0.5, 0.6) is 0 Å². The lowest BCUT2D eigenvalue weighted by Crippen LogP contribution is -2.39. The van der Waals surface area contributed by atoms with Crippen LogP contribution in [-0.2, 0) is 15.6 Å². The highest BCUT2D eigenvalue weighted by atomic mass is 35.5. The van der Waals surface area contributed by atoms with Crippen LogP contribution in [0.15, 0.2) is 53.5 Å². The Balaban J connectivity index is 1.63. The van der Waals surface area contributed by atoms with Gasteiger partial charge in [0.05, 0.1) is 23.6 Å². The summed E-state index contributed by atoms with van der Waals surface area (Å²) >= 11 is 7.61. The molecule has 0 amide bonds. The SMILES string of the molecule is O=S1(=O)C[C@@H]2[C@@H](C1)N=C(SCc1cccc(F)c1)N2c1cccc(Cl)c1. The third-order valence-corrected chi connectivity index (χ3v) is 7.42. The molecular formula is C18H16ClFN2O2S2. The predicted molar refractivity (Wildman–Crippen MR) is 105 cm³/mol. The Kier molecular flexibility index (Phi) is 4.71. The molecule has 0 saturated carbocycles. The maximum atomic E-state index is 13.4. The fraction of sp³-hybridized carbons (Fsp3) is 0.278. The zero-order chi connectivity index (χ0) is 18.3. The van der Waals surface area contributed by atoms with Crippen LogP contribution in [0.25, 0.3) is 0 Å². The standard InChI is InChI=1S/C18H16ClFN2O2S2/c19-13-4-2-6-15(8-13)22-17-11-26(23,24)10-16(17)21-18(22)25-9-12-3-1-5-14(20)7-12/h1-8,16-17H,9-11H2/t16-,17-/m1/s1. The minimum Gasteiger partial charge on any atom is -0.315 e. The third-order valence-electron chi connectivity index (χ3n) is 4.45. The van der Waals surface area contributed by atoms with E-state index in [1.807, 2.05) is 29.2 Å². The number of rotatable bonds is 3. The molecular weight excluding hydrogens is 395 g/mol. The summed E-state index contributed by atoms with van der Waals surface area (Å²) < 4.78 is 37.5. The molecule has 0 radical (unpaired) electrons. The molecule has 2 aromatic carbocycles. The number of amidine groups is 1. The van der Waals surface area contributed by atoms with Crippen molar-refractivity contribution >= 4 is 44.1 Å². The molecule has 2 aliphatic rings. The number of sulfone groups is 1. The monoisotopic (exact) mass is 410 g/mol. The largest absolute Gasteiger partial charge is 0.315 e. The van der Waals surface area contributed by atoms with Gasteiger partial charge in [-0.05, 0) is 35.9 Å². The number of fused-ring (bicyclic) bond motifs is 1. The zero-order valence-corrected chi connectivity index (χ0v) is 16.1. The molecule has 4 nitrogen and oxygen atoms in total. The first-order valence-electron chi connectivity index (χ1n) is 8.11. The van der Waals surface area contributed by atoms with Crippen LogP contribution < -0.4 is 4.90 Å². The normalized spacial score (nSPS) is 23.8. The molecule has 0 aromatic heterocycles. The molecule has 4 rings (SSSR count). The van der Waals surface area contributed by atoms with E-state index >= 15 is 0 Å². The van der Waals surface area contributed by atoms with E-state index in [2.05, 4.69) is 4.99 Å². The van der Waals surface area contributed by atoms with Gasteiger partial charge >= 0.3 is 0 Å². The quantitative estimate of drug-likeness (QED) is 0.773. The number of benzene rings is 2. The van der Waals surface area contributed by atoms with Crippen LogP contribution in [-0.4, -0.2) is 37.2 Å². The average Bonchev–Trinajstić information content (AvgIpc) is 3.04. The van der Waals surface area contributed by atoms with Crippen molar-refractivity contribution in [1.29, 1.82) is 0 Å². The van der Waals surface area contributed by atoms with Gasteiger partial charge in [-0.15, -0.1) is 0 Å². The van der Waals surface area contributed by atoms with Gasteiger partial charge in [0.15, 0.2) is 15.0 Å². The van der Waals surface area contributed by atoms with Gasteiger partial charge in [0.1, 0.15) is 5.82 Å². The fourth-order valence-corrected chi connectivity index (χ4v) is 6.43. The van der Waals surface area contributed by atoms with E-state index in [9.17, 15) is 12.8 Å². The Bertz CT molecular complexity index is 981. The number of halogens is 2. The van der Waals surface area contributed by atoms with Crippen molar-refractivity contribution in [2.45, 2.75) is 17.8 Å². The smallest absolute Gasteiger partial charge is 0.164 e. The van der Waals surface area contributed by atoms with Crippen molar-refractivity contribution in [3.05, 3.63) is 64.9 Å². The minimum absolute atomic E-state index is 0.0682. The second-order valence-corrected chi connectivity index (χ2v) is 9.92. The summed E-state index contributed by atoms with van der Waals surface area (Å²) in [5.74, 6) is 0.433. The molecule has 2 heterocycles. The van der Waals surface area contributed by atoms with E-state index in [4.69, 9.17) is 11.6 Å². The minimum atomic E-state index is -3.09. The van der Waals surface area contributed by atoms with Crippen molar-refractivity contribution in [3.8, 4) is 0 Å². The summed E-state index contributed by atoms with van der Waals surface area (Å²) in [6, 6.07) is 13.3. The first-order chi connectivity index (χ1) is 12.4. The first-order valence-corrected chi connectivity index (χ1v) is 11.3. The van der Waals surface area contributed by atoms with Crippen LogP contribution >= 0.6 is 23.4 Å². The summed E-state index contributed by atoms with van der Waals surface area (Å²) in [7, 11) is -3.09. The van der Waals surface area contributed by atoms with Crippen molar-refractivity contribution in [1.82, 2.24) is 0 Å². The number of hydrogen-bond donors (Lipinski definition) is 0. The Morgan fingerprint density at radius 3 is 2.77 bits per heavy atom. The molecule has 0 bridgehead atoms. The number of hydrogen-bond acceptors (Lipinski definition) is 5. The molecule has 0 aliphatic carbocycles. The Labute approximate surface area is 161 Å². The topological polar surface area (TPSA) is 49.7 Å². The van der Waals surface area contributed by atoms with Crippen LogP contribution in [0.1, 0.15) is 5.56 Å². The van der Waals surface area contributed by atoms with E-state index in [-0.39, 0.29) is 29.4 Å². The van der Waals surface area contributed by atoms with Crippen LogP contribution in [0.3, 0.4) is 0 Å². The lowest BCUT2D eigenvalue weighted by atomic mass is 10.1. The van der Waals surface area contributed by atoms with Crippen molar-refractivity contribution in [3.63, 3.8) is 0 Å². The fourth-order valence-electron chi connectivity index (χ4n) is 3.34. The van der Waals surface area contributed by atoms with Gasteiger partial charge in [-0.2, -0.15) is 0 Å². The molecule has 2 atom stereocenters. The van der Waals surface area contributed by atoms with Crippen molar-refractivity contribution in [2.75, 3.05) is 16.4 Å². The highest BCUT2D eigenvalue weighted by Crippen LogP contribution is 2.36. The second kappa shape index (κ2) is 6.87. The summed E-state index contributed by atoms with van der Waals surface area (Å²) in [6.07, 6.45) is 0. The lowest BCUT2D eigenvalue weighted by molar-refractivity contribution is 0.601. The van der Waals surface area contributed by atoms with E-state index in [0.717, 1.165) is 16.4 Å². The number of anilines is 1. The summed E-state index contributed by atoms with van der Waals surface area (Å²) in [4.78, 5) is 6.62. The molecule has 26 heavy (non-hydrogen) atoms. The number of aliphatic imine (C=N–C) groups is 1. The van der Waals surface area contributed by atoms with Gasteiger partial charge in [-0.1, -0.05) is 41.6 Å². The van der Waals surface area contributed by atoms with Crippen LogP contribution in [0.2, 0.25) is 5.02 Å². The van der Waals surface area contributed by atoms with Gasteiger partial charge in [0, 0.05) is 16.5 Å². The van der Waals surface area contributed by atoms with E-state index < -0.39 is 9.84 Å². The van der Waals surface area contributed by atoms with E-state index in [1.165, 1.54) is 23.9 Å². The Morgan fingerprint density at radius 2 is 2.00 bits per heavy atom. The van der Waals surface area contributed by atoms with E-state index in [1.54, 1.807) is 12.1 Å². The molecule has 0 N–H and O–H groups in total. The second-order valence-electron chi connectivity index (χ2n) is 6.39. The summed E-state index contributed by atoms with van der Waals surface area (Å²) in [6.45, 7) is 0. The average molecular weight is 411 g/mol. The van der Waals surface area contributed by atoms with Crippen molar-refractivity contribution < 1.29 is 12.8 Å². The highest BCUT2D eigenvalue weighted by Gasteiger charge is 2.47. The van der Waals surface area contributed by atoms with Gasteiger partial charge in [-0.25, -0.2) is 12.8 Å². The Morgan fingerprint density at radius 1 is 1.19 bits per heavy atom. The molecule has 8 heteroatoms. The Hall–Kier alpha value is -1.57. The molecule has 0 unspecified atom stereocenters. The van der Waals surface area contributed by atoms with Gasteiger partial charge in [-0.3, -0.25) is 4.99 Å².